The molecule has 1 aliphatic carbocycles. The molecule has 0 saturated carbocycles. The van der Waals surface area contributed by atoms with E-state index in [0.717, 1.165) is 72.7 Å². The van der Waals surface area contributed by atoms with E-state index in [2.05, 4.69) is 45.1 Å². The molecule has 1 heterocycles. The van der Waals surface area contributed by atoms with Gasteiger partial charge < -0.3 is 14.8 Å². The third kappa shape index (κ3) is 4.25. The zero-order chi connectivity index (χ0) is 21.0. The van der Waals surface area contributed by atoms with Gasteiger partial charge in [-0.15, -0.1) is 0 Å². The number of hydrogen-bond acceptors (Lipinski definition) is 5. The molecular formula is C24H35N3O2. The van der Waals surface area contributed by atoms with Crippen LogP contribution in [0.15, 0.2) is 12.1 Å². The molecule has 1 aliphatic rings. The summed E-state index contributed by atoms with van der Waals surface area (Å²) < 4.78 is 11.4. The van der Waals surface area contributed by atoms with Crippen LogP contribution in [0.2, 0.25) is 0 Å². The molecule has 0 spiro atoms. The molecule has 1 aromatic heterocycles. The van der Waals surface area contributed by atoms with Gasteiger partial charge in [0.1, 0.15) is 11.6 Å². The lowest BCUT2D eigenvalue weighted by atomic mass is 10.00. The molecule has 0 bridgehead atoms. The normalized spacial score (nSPS) is 15.6. The molecule has 158 valence electrons. The van der Waals surface area contributed by atoms with E-state index in [0.29, 0.717) is 6.04 Å². The third-order valence-electron chi connectivity index (χ3n) is 6.06. The van der Waals surface area contributed by atoms with Gasteiger partial charge in [0.05, 0.1) is 30.3 Å². The highest BCUT2D eigenvalue weighted by atomic mass is 16.5. The smallest absolute Gasteiger partial charge is 0.148 e. The second kappa shape index (κ2) is 9.57. The maximum Gasteiger partial charge on any atom is 0.148 e. The van der Waals surface area contributed by atoms with E-state index < -0.39 is 0 Å². The van der Waals surface area contributed by atoms with Crippen molar-refractivity contribution in [1.82, 2.24) is 9.97 Å². The SMILES string of the molecule is CCc1nc(-c2cc3c(cc2OC)C(OC)CC3)c(CC)nc1NC(CC)CC. The molecule has 0 aliphatic heterocycles. The maximum absolute atomic E-state index is 5.78. The predicted molar refractivity (Wildman–Crippen MR) is 119 cm³/mol. The Balaban J connectivity index is 2.11. The Kier molecular flexibility index (Phi) is 7.12. The molecule has 3 rings (SSSR count). The molecule has 0 fully saturated rings. The highest BCUT2D eigenvalue weighted by Crippen LogP contribution is 2.41. The van der Waals surface area contributed by atoms with Crippen molar-refractivity contribution in [2.75, 3.05) is 19.5 Å². The number of fused-ring (bicyclic) bond motifs is 1. The van der Waals surface area contributed by atoms with Crippen molar-refractivity contribution >= 4 is 5.82 Å². The Morgan fingerprint density at radius 2 is 1.76 bits per heavy atom. The Hall–Kier alpha value is -2.14. The van der Waals surface area contributed by atoms with E-state index in [1.54, 1.807) is 14.2 Å². The van der Waals surface area contributed by atoms with E-state index in [1.807, 2.05) is 0 Å². The number of aryl methyl sites for hydroxylation is 3. The zero-order valence-electron chi connectivity index (χ0n) is 18.8. The van der Waals surface area contributed by atoms with Gasteiger partial charge in [0, 0.05) is 18.7 Å². The minimum absolute atomic E-state index is 0.155. The van der Waals surface area contributed by atoms with Crippen molar-refractivity contribution in [2.45, 2.75) is 78.4 Å². The molecule has 5 heteroatoms. The number of nitrogens with zero attached hydrogens (tertiary/aromatic N) is 2. The minimum atomic E-state index is 0.155. The van der Waals surface area contributed by atoms with Gasteiger partial charge in [-0.05, 0) is 61.8 Å². The van der Waals surface area contributed by atoms with Crippen LogP contribution in [-0.2, 0) is 24.0 Å². The molecule has 1 unspecified atom stereocenters. The molecule has 2 aromatic rings. The first-order valence-corrected chi connectivity index (χ1v) is 11.0. The first-order chi connectivity index (χ1) is 14.1. The van der Waals surface area contributed by atoms with E-state index >= 15 is 0 Å². The molecule has 1 atom stereocenters. The summed E-state index contributed by atoms with van der Waals surface area (Å²) in [5.41, 5.74) is 6.57. The summed E-state index contributed by atoms with van der Waals surface area (Å²) in [6, 6.07) is 4.80. The Morgan fingerprint density at radius 1 is 1.03 bits per heavy atom. The summed E-state index contributed by atoms with van der Waals surface area (Å²) in [5, 5.41) is 3.61. The largest absolute Gasteiger partial charge is 0.496 e. The number of rotatable bonds is 9. The number of nitrogens with one attached hydrogen (secondary N) is 1. The fourth-order valence-corrected chi connectivity index (χ4v) is 4.21. The van der Waals surface area contributed by atoms with E-state index in [4.69, 9.17) is 19.4 Å². The molecular weight excluding hydrogens is 362 g/mol. The lowest BCUT2D eigenvalue weighted by Crippen LogP contribution is -2.20. The fraction of sp³-hybridized carbons (Fsp3) is 0.583. The number of benzene rings is 1. The minimum Gasteiger partial charge on any atom is -0.496 e. The van der Waals surface area contributed by atoms with Gasteiger partial charge in [-0.3, -0.25) is 0 Å². The summed E-state index contributed by atoms with van der Waals surface area (Å²) in [6.45, 7) is 8.69. The van der Waals surface area contributed by atoms with Crippen LogP contribution in [-0.4, -0.2) is 30.2 Å². The van der Waals surface area contributed by atoms with Gasteiger partial charge in [0.15, 0.2) is 0 Å². The summed E-state index contributed by atoms with van der Waals surface area (Å²) in [4.78, 5) is 10.1. The average molecular weight is 398 g/mol. The van der Waals surface area contributed by atoms with Crippen molar-refractivity contribution in [2.24, 2.45) is 0 Å². The van der Waals surface area contributed by atoms with E-state index in [-0.39, 0.29) is 6.10 Å². The van der Waals surface area contributed by atoms with Crippen LogP contribution < -0.4 is 10.1 Å². The first-order valence-electron chi connectivity index (χ1n) is 11.0. The number of aromatic nitrogens is 2. The number of anilines is 1. The Labute approximate surface area is 175 Å². The highest BCUT2D eigenvalue weighted by Gasteiger charge is 2.26. The van der Waals surface area contributed by atoms with Crippen LogP contribution in [0.3, 0.4) is 0 Å². The van der Waals surface area contributed by atoms with Gasteiger partial charge in [-0.25, -0.2) is 9.97 Å². The van der Waals surface area contributed by atoms with Crippen LogP contribution in [0.25, 0.3) is 11.3 Å². The molecule has 0 amide bonds. The van der Waals surface area contributed by atoms with Crippen molar-refractivity contribution < 1.29 is 9.47 Å². The third-order valence-corrected chi connectivity index (χ3v) is 6.06. The zero-order valence-corrected chi connectivity index (χ0v) is 18.8. The van der Waals surface area contributed by atoms with Crippen LogP contribution >= 0.6 is 0 Å². The Bertz CT molecular complexity index is 847. The molecule has 1 N–H and O–H groups in total. The Morgan fingerprint density at radius 3 is 2.34 bits per heavy atom. The fourth-order valence-electron chi connectivity index (χ4n) is 4.21. The summed E-state index contributed by atoms with van der Waals surface area (Å²) in [5.74, 6) is 1.78. The highest BCUT2D eigenvalue weighted by molar-refractivity contribution is 5.72. The van der Waals surface area contributed by atoms with Crippen molar-refractivity contribution in [3.8, 4) is 17.0 Å². The van der Waals surface area contributed by atoms with Crippen molar-refractivity contribution in [3.63, 3.8) is 0 Å². The number of methoxy groups -OCH3 is 2. The lowest BCUT2D eigenvalue weighted by Gasteiger charge is -2.21. The van der Waals surface area contributed by atoms with Crippen molar-refractivity contribution in [3.05, 3.63) is 34.6 Å². The van der Waals surface area contributed by atoms with Gasteiger partial charge in [0.2, 0.25) is 0 Å². The number of hydrogen-bond donors (Lipinski definition) is 1. The molecule has 0 saturated heterocycles. The topological polar surface area (TPSA) is 56.3 Å². The standard InChI is InChI=1S/C24H35N3O2/c1-7-16(8-2)25-24-20(10-4)26-23(19(9-3)27-24)18-13-15-11-12-21(28-5)17(15)14-22(18)29-6/h13-14,16,21H,7-12H2,1-6H3,(H,25,27). The van der Waals surface area contributed by atoms with Crippen molar-refractivity contribution in [1.29, 1.82) is 0 Å². The van der Waals surface area contributed by atoms with E-state index in [1.165, 1.54) is 11.1 Å². The van der Waals surface area contributed by atoms with Gasteiger partial charge in [0.25, 0.3) is 0 Å². The monoisotopic (exact) mass is 397 g/mol. The summed E-state index contributed by atoms with van der Waals surface area (Å²) in [7, 11) is 3.50. The first kappa shape index (κ1) is 21.6. The quantitative estimate of drug-likeness (QED) is 0.604. The predicted octanol–water partition coefficient (Wildman–Crippen LogP) is 5.51. The van der Waals surface area contributed by atoms with E-state index in [9.17, 15) is 0 Å². The van der Waals surface area contributed by atoms with Crippen LogP contribution in [0.1, 0.15) is 75.6 Å². The second-order valence-electron chi connectivity index (χ2n) is 7.69. The van der Waals surface area contributed by atoms with Crippen LogP contribution in [0, 0.1) is 0 Å². The van der Waals surface area contributed by atoms with Crippen LogP contribution in [0.5, 0.6) is 5.75 Å². The maximum atomic E-state index is 5.78. The summed E-state index contributed by atoms with van der Waals surface area (Å²) >= 11 is 0. The van der Waals surface area contributed by atoms with Gasteiger partial charge in [-0.1, -0.05) is 27.7 Å². The second-order valence-corrected chi connectivity index (χ2v) is 7.69. The average Bonchev–Trinajstić information content (AvgIpc) is 3.17. The molecule has 29 heavy (non-hydrogen) atoms. The molecule has 0 radical (unpaired) electrons. The van der Waals surface area contributed by atoms with Gasteiger partial charge >= 0.3 is 0 Å². The van der Waals surface area contributed by atoms with Crippen LogP contribution in [0.4, 0.5) is 5.82 Å². The lowest BCUT2D eigenvalue weighted by molar-refractivity contribution is 0.105. The number of ether oxygens (including phenoxy) is 2. The van der Waals surface area contributed by atoms with Gasteiger partial charge in [-0.2, -0.15) is 0 Å². The molecule has 5 nitrogen and oxygen atoms in total. The summed E-state index contributed by atoms with van der Waals surface area (Å²) in [6.07, 6.45) is 6.00. The molecule has 1 aromatic carbocycles.